The molecular formula is C23H23BrN2O5. The van der Waals surface area contributed by atoms with Gasteiger partial charge in [-0.2, -0.15) is 0 Å². The van der Waals surface area contributed by atoms with Gasteiger partial charge in [-0.1, -0.05) is 46.7 Å². The van der Waals surface area contributed by atoms with Crippen molar-refractivity contribution in [3.05, 3.63) is 52.5 Å². The molecule has 0 bridgehead atoms. The summed E-state index contributed by atoms with van der Waals surface area (Å²) in [5.74, 6) is -1.56. The lowest BCUT2D eigenvalue weighted by molar-refractivity contribution is -0.197. The minimum atomic E-state index is -0.567. The van der Waals surface area contributed by atoms with Crippen molar-refractivity contribution < 1.29 is 24.0 Å². The van der Waals surface area contributed by atoms with Crippen LogP contribution in [0, 0.1) is 5.92 Å². The largest absolute Gasteiger partial charge is 0.363 e. The number of Topliss-reactive ketones (excluding diaryl/α,β-unsaturated/α-hetero) is 1. The van der Waals surface area contributed by atoms with E-state index in [4.69, 9.17) is 4.84 Å². The number of benzene rings is 1. The molecule has 0 N–H and O–H groups in total. The van der Waals surface area contributed by atoms with E-state index in [0.717, 1.165) is 35.1 Å². The lowest BCUT2D eigenvalue weighted by Crippen LogP contribution is -2.47. The fourth-order valence-electron chi connectivity index (χ4n) is 4.23. The van der Waals surface area contributed by atoms with Gasteiger partial charge in [0.1, 0.15) is 0 Å². The van der Waals surface area contributed by atoms with E-state index in [-0.39, 0.29) is 37.0 Å². The molecule has 1 saturated heterocycles. The van der Waals surface area contributed by atoms with Crippen LogP contribution in [-0.4, -0.2) is 41.2 Å². The minimum absolute atomic E-state index is 0.0108. The third-order valence-electron chi connectivity index (χ3n) is 5.78. The summed E-state index contributed by atoms with van der Waals surface area (Å²) in [6.45, 7) is 0.749. The number of rotatable bonds is 7. The number of unbranched alkanes of at least 4 members (excludes halogenated alkanes) is 2. The van der Waals surface area contributed by atoms with Gasteiger partial charge in [0, 0.05) is 41.5 Å². The lowest BCUT2D eigenvalue weighted by atomic mass is 9.82. The number of carbonyl (C=O) groups is 4. The molecule has 0 radical (unpaired) electrons. The van der Waals surface area contributed by atoms with Crippen molar-refractivity contribution in [2.75, 3.05) is 11.4 Å². The van der Waals surface area contributed by atoms with Crippen LogP contribution in [0.2, 0.25) is 0 Å². The molecule has 8 heteroatoms. The Hall–Kier alpha value is -2.74. The van der Waals surface area contributed by atoms with Crippen LogP contribution in [0.1, 0.15) is 48.9 Å². The van der Waals surface area contributed by atoms with E-state index in [1.165, 1.54) is 0 Å². The normalized spacial score (nSPS) is 22.0. The molecule has 1 fully saturated rings. The Labute approximate surface area is 188 Å². The molecule has 1 aromatic carbocycles. The zero-order valence-corrected chi connectivity index (χ0v) is 18.5. The Morgan fingerprint density at radius 3 is 2.55 bits per heavy atom. The van der Waals surface area contributed by atoms with Gasteiger partial charge in [0.25, 0.3) is 11.8 Å². The Bertz CT molecular complexity index is 970. The van der Waals surface area contributed by atoms with Crippen LogP contribution in [0.15, 0.2) is 47.0 Å². The van der Waals surface area contributed by atoms with Crippen molar-refractivity contribution in [3.63, 3.8) is 0 Å². The van der Waals surface area contributed by atoms with Gasteiger partial charge in [-0.3, -0.25) is 14.4 Å². The summed E-state index contributed by atoms with van der Waals surface area (Å²) < 4.78 is 0.877. The van der Waals surface area contributed by atoms with Crippen molar-refractivity contribution in [2.24, 2.45) is 5.92 Å². The van der Waals surface area contributed by atoms with Crippen LogP contribution < -0.4 is 4.90 Å². The highest BCUT2D eigenvalue weighted by atomic mass is 79.9. The molecular weight excluding hydrogens is 464 g/mol. The average Bonchev–Trinajstić information content (AvgIpc) is 3.07. The smallest absolute Gasteiger partial charge is 0.333 e. The van der Waals surface area contributed by atoms with Crippen LogP contribution in [0.4, 0.5) is 5.69 Å². The van der Waals surface area contributed by atoms with Gasteiger partial charge < -0.3 is 9.74 Å². The van der Waals surface area contributed by atoms with E-state index in [2.05, 4.69) is 26.9 Å². The number of imide groups is 1. The van der Waals surface area contributed by atoms with Gasteiger partial charge in [-0.05, 0) is 31.0 Å². The Kier molecular flexibility index (Phi) is 6.36. The Balaban J connectivity index is 1.32. The van der Waals surface area contributed by atoms with Gasteiger partial charge in [0.2, 0.25) is 0 Å². The fraction of sp³-hybridized carbons (Fsp3) is 0.391. The number of ketones is 1. The molecule has 2 aliphatic heterocycles. The number of hydrogen-bond donors (Lipinski definition) is 0. The second-order valence-electron chi connectivity index (χ2n) is 7.86. The van der Waals surface area contributed by atoms with Crippen molar-refractivity contribution in [1.82, 2.24) is 5.06 Å². The average molecular weight is 487 g/mol. The lowest BCUT2D eigenvalue weighted by Gasteiger charge is -2.41. The van der Waals surface area contributed by atoms with Gasteiger partial charge in [0.15, 0.2) is 5.78 Å². The molecule has 0 saturated carbocycles. The van der Waals surface area contributed by atoms with Crippen LogP contribution in [0.3, 0.4) is 0 Å². The number of amides is 2. The first-order valence-electron chi connectivity index (χ1n) is 10.5. The molecule has 0 aromatic heterocycles. The Morgan fingerprint density at radius 1 is 1.03 bits per heavy atom. The number of anilines is 1. The molecule has 2 amide bonds. The SMILES string of the molecule is O=C(CCCCCN1c2ccc(Br)cc2C(=O)C2C=CC=CC21)ON1C(=O)CCC1=O. The minimum Gasteiger partial charge on any atom is -0.363 e. The number of halogens is 1. The van der Waals surface area contributed by atoms with E-state index < -0.39 is 17.8 Å². The summed E-state index contributed by atoms with van der Waals surface area (Å²) in [4.78, 5) is 55.1. The maximum absolute atomic E-state index is 13.0. The van der Waals surface area contributed by atoms with Crippen LogP contribution in [-0.2, 0) is 19.2 Å². The highest BCUT2D eigenvalue weighted by Gasteiger charge is 2.38. The van der Waals surface area contributed by atoms with Crippen molar-refractivity contribution in [3.8, 4) is 0 Å². The first-order chi connectivity index (χ1) is 15.0. The highest BCUT2D eigenvalue weighted by molar-refractivity contribution is 9.10. The highest BCUT2D eigenvalue weighted by Crippen LogP contribution is 2.38. The van der Waals surface area contributed by atoms with Gasteiger partial charge in [-0.15, -0.1) is 5.06 Å². The molecule has 3 aliphatic rings. The molecule has 2 heterocycles. The first kappa shape index (κ1) is 21.5. The number of fused-ring (bicyclic) bond motifs is 2. The molecule has 4 rings (SSSR count). The van der Waals surface area contributed by atoms with E-state index in [9.17, 15) is 19.2 Å². The molecule has 2 atom stereocenters. The molecule has 0 spiro atoms. The maximum atomic E-state index is 13.0. The second kappa shape index (κ2) is 9.18. The number of hydroxylamine groups is 2. The van der Waals surface area contributed by atoms with E-state index >= 15 is 0 Å². The third kappa shape index (κ3) is 4.49. The van der Waals surface area contributed by atoms with Gasteiger partial charge >= 0.3 is 5.97 Å². The summed E-state index contributed by atoms with van der Waals surface area (Å²) in [5, 5.41) is 0.588. The zero-order valence-electron chi connectivity index (χ0n) is 17.0. The van der Waals surface area contributed by atoms with Crippen LogP contribution in [0.5, 0.6) is 0 Å². The maximum Gasteiger partial charge on any atom is 0.333 e. The summed E-state index contributed by atoms with van der Waals surface area (Å²) >= 11 is 3.46. The topological polar surface area (TPSA) is 84.0 Å². The summed E-state index contributed by atoms with van der Waals surface area (Å²) in [5.41, 5.74) is 1.65. The van der Waals surface area contributed by atoms with Gasteiger partial charge in [0.05, 0.1) is 12.0 Å². The quantitative estimate of drug-likeness (QED) is 0.431. The molecule has 7 nitrogen and oxygen atoms in total. The summed E-state index contributed by atoms with van der Waals surface area (Å²) in [6, 6.07) is 5.78. The monoisotopic (exact) mass is 486 g/mol. The zero-order chi connectivity index (χ0) is 22.0. The molecule has 162 valence electrons. The molecule has 1 aromatic rings. The number of carbonyl (C=O) groups excluding carboxylic acids is 4. The van der Waals surface area contributed by atoms with Crippen LogP contribution in [0.25, 0.3) is 0 Å². The van der Waals surface area contributed by atoms with Crippen molar-refractivity contribution in [2.45, 2.75) is 44.6 Å². The first-order valence-corrected chi connectivity index (χ1v) is 11.3. The predicted octanol–water partition coefficient (Wildman–Crippen LogP) is 3.73. The van der Waals surface area contributed by atoms with E-state index in [0.29, 0.717) is 11.5 Å². The molecule has 2 unspecified atom stereocenters. The third-order valence-corrected chi connectivity index (χ3v) is 6.27. The molecule has 1 aliphatic carbocycles. The summed E-state index contributed by atoms with van der Waals surface area (Å²) in [6.07, 6.45) is 10.5. The number of allylic oxidation sites excluding steroid dienone is 2. The van der Waals surface area contributed by atoms with Crippen LogP contribution >= 0.6 is 15.9 Å². The fourth-order valence-corrected chi connectivity index (χ4v) is 4.60. The van der Waals surface area contributed by atoms with Gasteiger partial charge in [-0.25, -0.2) is 4.79 Å². The molecule has 31 heavy (non-hydrogen) atoms. The van der Waals surface area contributed by atoms with Crippen molar-refractivity contribution >= 4 is 45.2 Å². The Morgan fingerprint density at radius 2 is 1.77 bits per heavy atom. The van der Waals surface area contributed by atoms with Crippen molar-refractivity contribution in [1.29, 1.82) is 0 Å². The second-order valence-corrected chi connectivity index (χ2v) is 8.78. The number of hydrogen-bond acceptors (Lipinski definition) is 6. The van der Waals surface area contributed by atoms with E-state index in [1.54, 1.807) is 0 Å². The summed E-state index contributed by atoms with van der Waals surface area (Å²) in [7, 11) is 0. The standard InChI is InChI=1S/C23H23BrN2O5/c24-15-9-10-19-17(14-15)23(30)16-6-3-4-7-18(16)25(19)13-5-1-2-8-22(29)31-26-20(27)11-12-21(26)28/h3-4,6-7,9-10,14,16,18H,1-2,5,8,11-13H2. The predicted molar refractivity (Wildman–Crippen MR) is 117 cm³/mol. The van der Waals surface area contributed by atoms with E-state index in [1.807, 2.05) is 36.4 Å². The number of nitrogens with zero attached hydrogens (tertiary/aromatic N) is 2.